The lowest BCUT2D eigenvalue weighted by Crippen LogP contribution is -2.45. The zero-order chi connectivity index (χ0) is 16.1. The minimum atomic E-state index is 0.0680. The van der Waals surface area contributed by atoms with E-state index in [1.165, 1.54) is 10.4 Å². The predicted molar refractivity (Wildman–Crippen MR) is 93.7 cm³/mol. The molecule has 0 aliphatic carbocycles. The molecule has 1 N–H and O–H groups in total. The summed E-state index contributed by atoms with van der Waals surface area (Å²) in [5.74, 6) is 0.543. The van der Waals surface area contributed by atoms with Crippen molar-refractivity contribution in [3.05, 3.63) is 52.5 Å². The summed E-state index contributed by atoms with van der Waals surface area (Å²) in [6.07, 6.45) is 6.66. The number of hydrogen-bond donors (Lipinski definition) is 1. The van der Waals surface area contributed by atoms with Gasteiger partial charge in [0.1, 0.15) is 0 Å². The molecule has 23 heavy (non-hydrogen) atoms. The SMILES string of the molecule is CCC(NC(=O)N1CCC(c2ccncc2)CC1)c1cccs1. The maximum absolute atomic E-state index is 12.5. The number of thiophene rings is 1. The summed E-state index contributed by atoms with van der Waals surface area (Å²) in [4.78, 5) is 19.8. The highest BCUT2D eigenvalue weighted by Gasteiger charge is 2.25. The van der Waals surface area contributed by atoms with E-state index in [1.807, 2.05) is 23.4 Å². The Kier molecular flexibility index (Phi) is 5.28. The molecule has 0 saturated carbocycles. The molecule has 0 aromatic carbocycles. The van der Waals surface area contributed by atoms with Gasteiger partial charge in [-0.2, -0.15) is 0 Å². The highest BCUT2D eigenvalue weighted by molar-refractivity contribution is 7.10. The van der Waals surface area contributed by atoms with Gasteiger partial charge in [-0.1, -0.05) is 13.0 Å². The van der Waals surface area contributed by atoms with Crippen molar-refractivity contribution in [1.82, 2.24) is 15.2 Å². The Bertz CT molecular complexity index is 606. The van der Waals surface area contributed by atoms with E-state index in [2.05, 4.69) is 40.8 Å². The summed E-state index contributed by atoms with van der Waals surface area (Å²) in [6, 6.07) is 8.50. The van der Waals surface area contributed by atoms with Crippen LogP contribution >= 0.6 is 11.3 Å². The molecule has 2 amide bonds. The van der Waals surface area contributed by atoms with Gasteiger partial charge < -0.3 is 10.2 Å². The van der Waals surface area contributed by atoms with Gasteiger partial charge in [-0.05, 0) is 54.3 Å². The number of amides is 2. The van der Waals surface area contributed by atoms with Crippen molar-refractivity contribution in [1.29, 1.82) is 0 Å². The Hall–Kier alpha value is -1.88. The summed E-state index contributed by atoms with van der Waals surface area (Å²) >= 11 is 1.70. The fraction of sp³-hybridized carbons (Fsp3) is 0.444. The first-order valence-electron chi connectivity index (χ1n) is 8.26. The number of pyridine rings is 1. The molecule has 1 unspecified atom stereocenters. The standard InChI is InChI=1S/C18H23N3OS/c1-2-16(17-4-3-13-23-17)20-18(22)21-11-7-15(8-12-21)14-5-9-19-10-6-14/h3-6,9-10,13,15-16H,2,7-8,11-12H2,1H3,(H,20,22). The van der Waals surface area contributed by atoms with Gasteiger partial charge in [0.05, 0.1) is 6.04 Å². The van der Waals surface area contributed by atoms with Gasteiger partial charge in [-0.3, -0.25) is 4.98 Å². The number of piperidine rings is 1. The third kappa shape index (κ3) is 3.91. The van der Waals surface area contributed by atoms with E-state index in [-0.39, 0.29) is 12.1 Å². The van der Waals surface area contributed by atoms with E-state index in [0.717, 1.165) is 32.4 Å². The molecule has 3 heterocycles. The minimum absolute atomic E-state index is 0.0680. The maximum atomic E-state index is 12.5. The van der Waals surface area contributed by atoms with Crippen LogP contribution in [-0.2, 0) is 0 Å². The quantitative estimate of drug-likeness (QED) is 0.914. The molecule has 1 aliphatic heterocycles. The van der Waals surface area contributed by atoms with E-state index in [4.69, 9.17) is 0 Å². The zero-order valence-corrected chi connectivity index (χ0v) is 14.3. The first kappa shape index (κ1) is 16.0. The van der Waals surface area contributed by atoms with Gasteiger partial charge >= 0.3 is 6.03 Å². The third-order valence-electron chi connectivity index (χ3n) is 4.55. The second kappa shape index (κ2) is 7.59. The van der Waals surface area contributed by atoms with Crippen molar-refractivity contribution in [3.8, 4) is 0 Å². The maximum Gasteiger partial charge on any atom is 0.317 e. The monoisotopic (exact) mass is 329 g/mol. The molecule has 2 aromatic rings. The molecule has 5 heteroatoms. The van der Waals surface area contributed by atoms with Gasteiger partial charge in [0.15, 0.2) is 0 Å². The van der Waals surface area contributed by atoms with Crippen LogP contribution in [0.2, 0.25) is 0 Å². The first-order chi connectivity index (χ1) is 11.3. The molecule has 3 rings (SSSR count). The molecule has 0 radical (unpaired) electrons. The van der Waals surface area contributed by atoms with Crippen molar-refractivity contribution >= 4 is 17.4 Å². The van der Waals surface area contributed by atoms with E-state index in [1.54, 1.807) is 11.3 Å². The van der Waals surface area contributed by atoms with E-state index in [0.29, 0.717) is 5.92 Å². The van der Waals surface area contributed by atoms with Crippen LogP contribution < -0.4 is 5.32 Å². The van der Waals surface area contributed by atoms with Crippen LogP contribution in [0.15, 0.2) is 42.0 Å². The summed E-state index contributed by atoms with van der Waals surface area (Å²) in [5.41, 5.74) is 1.34. The number of urea groups is 1. The summed E-state index contributed by atoms with van der Waals surface area (Å²) in [7, 11) is 0. The fourth-order valence-electron chi connectivity index (χ4n) is 3.16. The lowest BCUT2D eigenvalue weighted by atomic mass is 9.90. The number of aromatic nitrogens is 1. The Morgan fingerprint density at radius 1 is 1.35 bits per heavy atom. The number of carbonyl (C=O) groups is 1. The zero-order valence-electron chi connectivity index (χ0n) is 13.4. The van der Waals surface area contributed by atoms with Crippen molar-refractivity contribution < 1.29 is 4.79 Å². The lowest BCUT2D eigenvalue weighted by molar-refractivity contribution is 0.177. The van der Waals surface area contributed by atoms with Crippen LogP contribution in [0, 0.1) is 0 Å². The van der Waals surface area contributed by atoms with Crippen molar-refractivity contribution in [2.75, 3.05) is 13.1 Å². The molecule has 1 fully saturated rings. The number of carbonyl (C=O) groups excluding carboxylic acids is 1. The summed E-state index contributed by atoms with van der Waals surface area (Å²) in [5, 5.41) is 5.24. The van der Waals surface area contributed by atoms with Crippen LogP contribution in [0.3, 0.4) is 0 Å². The summed E-state index contributed by atoms with van der Waals surface area (Å²) < 4.78 is 0. The summed E-state index contributed by atoms with van der Waals surface area (Å²) in [6.45, 7) is 3.75. The Labute approximate surface area is 141 Å². The Morgan fingerprint density at radius 2 is 2.09 bits per heavy atom. The molecule has 1 atom stereocenters. The van der Waals surface area contributed by atoms with Crippen LogP contribution in [-0.4, -0.2) is 29.0 Å². The molecule has 0 spiro atoms. The second-order valence-corrected chi connectivity index (χ2v) is 6.95. The molecular weight excluding hydrogens is 306 g/mol. The van der Waals surface area contributed by atoms with E-state index in [9.17, 15) is 4.79 Å². The van der Waals surface area contributed by atoms with Gasteiger partial charge in [-0.25, -0.2) is 4.79 Å². The number of likely N-dealkylation sites (tertiary alicyclic amines) is 1. The number of hydrogen-bond acceptors (Lipinski definition) is 3. The molecule has 2 aromatic heterocycles. The van der Waals surface area contributed by atoms with Gasteiger partial charge in [-0.15, -0.1) is 11.3 Å². The first-order valence-corrected chi connectivity index (χ1v) is 9.14. The molecule has 0 bridgehead atoms. The average molecular weight is 329 g/mol. The van der Waals surface area contributed by atoms with Gasteiger partial charge in [0.2, 0.25) is 0 Å². The molecule has 4 nitrogen and oxygen atoms in total. The smallest absolute Gasteiger partial charge is 0.317 e. The number of nitrogens with zero attached hydrogens (tertiary/aromatic N) is 2. The average Bonchev–Trinajstić information content (AvgIpc) is 3.15. The molecule has 1 saturated heterocycles. The predicted octanol–water partition coefficient (Wildman–Crippen LogP) is 4.18. The lowest BCUT2D eigenvalue weighted by Gasteiger charge is -2.33. The Morgan fingerprint density at radius 3 is 2.70 bits per heavy atom. The normalized spacial score (nSPS) is 17.0. The second-order valence-electron chi connectivity index (χ2n) is 5.97. The topological polar surface area (TPSA) is 45.2 Å². The van der Waals surface area contributed by atoms with Crippen LogP contribution in [0.5, 0.6) is 0 Å². The highest BCUT2D eigenvalue weighted by Crippen LogP contribution is 2.28. The molecule has 1 aliphatic rings. The van der Waals surface area contributed by atoms with Crippen molar-refractivity contribution in [2.24, 2.45) is 0 Å². The van der Waals surface area contributed by atoms with E-state index < -0.39 is 0 Å². The van der Waals surface area contributed by atoms with E-state index >= 15 is 0 Å². The number of nitrogens with one attached hydrogen (secondary N) is 1. The van der Waals surface area contributed by atoms with Gasteiger partial charge in [0, 0.05) is 30.4 Å². The fourth-order valence-corrected chi connectivity index (χ4v) is 4.02. The van der Waals surface area contributed by atoms with Gasteiger partial charge in [0.25, 0.3) is 0 Å². The number of rotatable bonds is 4. The highest BCUT2D eigenvalue weighted by atomic mass is 32.1. The van der Waals surface area contributed by atoms with Crippen molar-refractivity contribution in [3.63, 3.8) is 0 Å². The van der Waals surface area contributed by atoms with Crippen molar-refractivity contribution in [2.45, 2.75) is 38.1 Å². The van der Waals surface area contributed by atoms with Crippen LogP contribution in [0.1, 0.15) is 48.6 Å². The molecule has 122 valence electrons. The largest absolute Gasteiger partial charge is 0.330 e. The van der Waals surface area contributed by atoms with Crippen LogP contribution in [0.4, 0.5) is 4.79 Å². The molecular formula is C18H23N3OS. The minimum Gasteiger partial charge on any atom is -0.330 e. The Balaban J connectivity index is 1.54. The van der Waals surface area contributed by atoms with Crippen LogP contribution in [0.25, 0.3) is 0 Å². The third-order valence-corrected chi connectivity index (χ3v) is 5.54.